The molecule has 9 heteroatoms. The second-order valence-corrected chi connectivity index (χ2v) is 5.44. The van der Waals surface area contributed by atoms with Crippen molar-refractivity contribution in [1.82, 2.24) is 29.1 Å². The zero-order chi connectivity index (χ0) is 17.0. The summed E-state index contributed by atoms with van der Waals surface area (Å²) in [5.41, 5.74) is 7.03. The highest BCUT2D eigenvalue weighted by atomic mass is 16.2. The van der Waals surface area contributed by atoms with E-state index in [9.17, 15) is 9.59 Å². The quantitative estimate of drug-likeness (QED) is 0.514. The number of hydrogen-bond donors (Lipinski definition) is 2. The minimum absolute atomic E-state index is 0.0389. The maximum atomic E-state index is 12.2. The number of hydrogen-bond acceptors (Lipinski definition) is 6. The van der Waals surface area contributed by atoms with Crippen molar-refractivity contribution in [3.8, 4) is 11.5 Å². The fourth-order valence-electron chi connectivity index (χ4n) is 2.62. The molecule has 0 fully saturated rings. The molecule has 0 aliphatic carbocycles. The highest BCUT2D eigenvalue weighted by Gasteiger charge is 2.17. The molecule has 120 valence electrons. The first-order chi connectivity index (χ1) is 11.5. The number of rotatable bonds is 1. The fourth-order valence-corrected chi connectivity index (χ4v) is 2.62. The molecule has 24 heavy (non-hydrogen) atoms. The van der Waals surface area contributed by atoms with E-state index in [-0.39, 0.29) is 17.0 Å². The molecule has 3 heterocycles. The highest BCUT2D eigenvalue weighted by Crippen LogP contribution is 2.23. The molecule has 0 bridgehead atoms. The molecule has 4 aromatic rings. The summed E-state index contributed by atoms with van der Waals surface area (Å²) in [4.78, 5) is 40.4. The van der Waals surface area contributed by atoms with Crippen molar-refractivity contribution in [3.05, 3.63) is 45.1 Å². The molecule has 3 N–H and O–H groups in total. The molecule has 0 aliphatic heterocycles. The normalized spacial score (nSPS) is 11.4. The lowest BCUT2D eigenvalue weighted by Crippen LogP contribution is -2.37. The highest BCUT2D eigenvalue weighted by molar-refractivity contribution is 5.83. The maximum absolute atomic E-state index is 12.2. The lowest BCUT2D eigenvalue weighted by atomic mass is 10.3. The van der Waals surface area contributed by atoms with Gasteiger partial charge in [-0.25, -0.2) is 19.7 Å². The zero-order valence-electron chi connectivity index (χ0n) is 12.9. The van der Waals surface area contributed by atoms with Crippen molar-refractivity contribution in [1.29, 1.82) is 0 Å². The molecule has 0 radical (unpaired) electrons. The molecule has 0 atom stereocenters. The second-order valence-electron chi connectivity index (χ2n) is 5.44. The van der Waals surface area contributed by atoms with Gasteiger partial charge < -0.3 is 10.7 Å². The molecule has 0 unspecified atom stereocenters. The number of fused-ring (bicyclic) bond motifs is 2. The average molecular weight is 323 g/mol. The van der Waals surface area contributed by atoms with Crippen LogP contribution in [0.4, 0.5) is 5.82 Å². The van der Waals surface area contributed by atoms with Gasteiger partial charge in [0.05, 0.1) is 11.0 Å². The zero-order valence-corrected chi connectivity index (χ0v) is 12.9. The van der Waals surface area contributed by atoms with Crippen molar-refractivity contribution in [2.24, 2.45) is 14.1 Å². The lowest BCUT2D eigenvalue weighted by molar-refractivity contribution is 0.705. The van der Waals surface area contributed by atoms with Gasteiger partial charge in [0, 0.05) is 14.1 Å². The SMILES string of the molecule is Cn1c(=O)c2nc(N)c(-c3nc4ccccc4[nH]3)nc2n(C)c1=O. The van der Waals surface area contributed by atoms with Crippen molar-refractivity contribution in [2.75, 3.05) is 5.73 Å². The predicted octanol–water partition coefficient (Wildman–Crippen LogP) is 0.153. The van der Waals surface area contributed by atoms with Crippen molar-refractivity contribution >= 4 is 28.0 Å². The van der Waals surface area contributed by atoms with Crippen LogP contribution in [-0.4, -0.2) is 29.1 Å². The Morgan fingerprint density at radius 1 is 1.04 bits per heavy atom. The van der Waals surface area contributed by atoms with Gasteiger partial charge in [-0.15, -0.1) is 0 Å². The summed E-state index contributed by atoms with van der Waals surface area (Å²) in [5.74, 6) is 0.494. The minimum Gasteiger partial charge on any atom is -0.382 e. The number of para-hydroxylation sites is 2. The minimum atomic E-state index is -0.538. The van der Waals surface area contributed by atoms with Crippen molar-refractivity contribution < 1.29 is 0 Å². The van der Waals surface area contributed by atoms with Gasteiger partial charge in [0.15, 0.2) is 28.5 Å². The maximum Gasteiger partial charge on any atom is 0.332 e. The number of nitrogen functional groups attached to an aromatic ring is 1. The summed E-state index contributed by atoms with van der Waals surface area (Å²) < 4.78 is 2.23. The topological polar surface area (TPSA) is 124 Å². The third kappa shape index (κ3) is 1.84. The first-order valence-electron chi connectivity index (χ1n) is 7.15. The lowest BCUT2D eigenvalue weighted by Gasteiger charge is -2.08. The van der Waals surface area contributed by atoms with Gasteiger partial charge in [0.1, 0.15) is 0 Å². The second kappa shape index (κ2) is 4.75. The Bertz CT molecular complexity index is 1200. The van der Waals surface area contributed by atoms with Gasteiger partial charge in [-0.2, -0.15) is 0 Å². The van der Waals surface area contributed by atoms with E-state index in [1.54, 1.807) is 0 Å². The summed E-state index contributed by atoms with van der Waals surface area (Å²) in [7, 11) is 2.91. The van der Waals surface area contributed by atoms with E-state index in [2.05, 4.69) is 19.9 Å². The van der Waals surface area contributed by atoms with Crippen LogP contribution in [0.3, 0.4) is 0 Å². The van der Waals surface area contributed by atoms with Crippen LogP contribution in [0.2, 0.25) is 0 Å². The van der Waals surface area contributed by atoms with Crippen LogP contribution in [0.25, 0.3) is 33.7 Å². The van der Waals surface area contributed by atoms with Crippen molar-refractivity contribution in [2.45, 2.75) is 0 Å². The standard InChI is InChI=1S/C15H13N7O2/c1-21-13-10(14(23)22(2)15(21)24)19-11(16)9(20-13)12-17-7-5-3-4-6-8(7)18-12/h3-6H,1-2H3,(H2,16,19)(H,17,18). The van der Waals surface area contributed by atoms with Gasteiger partial charge in [-0.3, -0.25) is 13.9 Å². The van der Waals surface area contributed by atoms with E-state index in [1.807, 2.05) is 24.3 Å². The number of anilines is 1. The molecule has 3 aromatic heterocycles. The monoisotopic (exact) mass is 323 g/mol. The molecular formula is C15H13N7O2. The summed E-state index contributed by atoms with van der Waals surface area (Å²) in [6, 6.07) is 7.48. The number of nitrogens with one attached hydrogen (secondary N) is 1. The summed E-state index contributed by atoms with van der Waals surface area (Å²) in [5, 5.41) is 0. The Kier molecular flexibility index (Phi) is 2.80. The molecule has 0 amide bonds. The molecule has 0 spiro atoms. The molecule has 9 nitrogen and oxygen atoms in total. The van der Waals surface area contributed by atoms with E-state index in [1.165, 1.54) is 18.7 Å². The Balaban J connectivity index is 2.08. The van der Waals surface area contributed by atoms with Crippen LogP contribution in [0.15, 0.2) is 33.9 Å². The van der Waals surface area contributed by atoms with Gasteiger partial charge >= 0.3 is 5.69 Å². The smallest absolute Gasteiger partial charge is 0.332 e. The van der Waals surface area contributed by atoms with Gasteiger partial charge in [0.2, 0.25) is 0 Å². The number of nitrogens with zero attached hydrogens (tertiary/aromatic N) is 5. The Morgan fingerprint density at radius 2 is 1.79 bits per heavy atom. The molecule has 0 aliphatic rings. The molecular weight excluding hydrogens is 310 g/mol. The number of H-pyrrole nitrogens is 1. The van der Waals surface area contributed by atoms with Crippen LogP contribution >= 0.6 is 0 Å². The first-order valence-corrected chi connectivity index (χ1v) is 7.15. The summed E-state index contributed by atoms with van der Waals surface area (Å²) >= 11 is 0. The summed E-state index contributed by atoms with van der Waals surface area (Å²) in [6.45, 7) is 0. The molecule has 1 aromatic carbocycles. The van der Waals surface area contributed by atoms with Gasteiger partial charge in [0.25, 0.3) is 5.56 Å². The van der Waals surface area contributed by atoms with E-state index < -0.39 is 11.2 Å². The first kappa shape index (κ1) is 14.1. The van der Waals surface area contributed by atoms with Crippen LogP contribution in [-0.2, 0) is 14.1 Å². The average Bonchev–Trinajstić information content (AvgIpc) is 3.01. The molecule has 0 saturated carbocycles. The largest absolute Gasteiger partial charge is 0.382 e. The number of aromatic nitrogens is 6. The number of aryl methyl sites for hydroxylation is 1. The molecule has 4 rings (SSSR count). The predicted molar refractivity (Wildman–Crippen MR) is 89.5 cm³/mol. The van der Waals surface area contributed by atoms with Gasteiger partial charge in [-0.05, 0) is 12.1 Å². The van der Waals surface area contributed by atoms with E-state index in [4.69, 9.17) is 5.73 Å². The fraction of sp³-hybridized carbons (Fsp3) is 0.133. The number of imidazole rings is 1. The Hall–Kier alpha value is -3.49. The number of aromatic amines is 1. The Labute approximate surface area is 134 Å². The number of nitrogens with two attached hydrogens (primary N) is 1. The molecule has 0 saturated heterocycles. The van der Waals surface area contributed by atoms with Crippen molar-refractivity contribution in [3.63, 3.8) is 0 Å². The third-order valence-electron chi connectivity index (χ3n) is 3.92. The van der Waals surface area contributed by atoms with E-state index in [0.717, 1.165) is 15.6 Å². The number of benzene rings is 1. The van der Waals surface area contributed by atoms with Crippen LogP contribution in [0.5, 0.6) is 0 Å². The van der Waals surface area contributed by atoms with Crippen LogP contribution < -0.4 is 17.0 Å². The van der Waals surface area contributed by atoms with E-state index in [0.29, 0.717) is 11.5 Å². The van der Waals surface area contributed by atoms with Gasteiger partial charge in [-0.1, -0.05) is 12.1 Å². The van der Waals surface area contributed by atoms with E-state index >= 15 is 0 Å². The Morgan fingerprint density at radius 3 is 2.54 bits per heavy atom. The van der Waals surface area contributed by atoms with Crippen LogP contribution in [0, 0.1) is 0 Å². The third-order valence-corrected chi connectivity index (χ3v) is 3.92. The van der Waals surface area contributed by atoms with Crippen LogP contribution in [0.1, 0.15) is 0 Å². The summed E-state index contributed by atoms with van der Waals surface area (Å²) in [6.07, 6.45) is 0.